The minimum atomic E-state index is -0.436. The summed E-state index contributed by atoms with van der Waals surface area (Å²) < 4.78 is 5.96. The first-order chi connectivity index (χ1) is 23.6. The van der Waals surface area contributed by atoms with Crippen LogP contribution in [0.3, 0.4) is 0 Å². The Morgan fingerprint density at radius 3 is 2.45 bits per heavy atom. The number of carbonyl (C=O) groups excluding carboxylic acids is 3. The normalized spacial score (nSPS) is 16.8. The van der Waals surface area contributed by atoms with Crippen LogP contribution < -0.4 is 20.7 Å². The first kappa shape index (κ1) is 33.5. The second-order valence-corrected chi connectivity index (χ2v) is 13.1. The molecule has 2 aliphatic carbocycles. The Morgan fingerprint density at radius 2 is 1.78 bits per heavy atom. The highest BCUT2D eigenvalue weighted by molar-refractivity contribution is 6.00. The van der Waals surface area contributed by atoms with E-state index in [4.69, 9.17) is 9.72 Å². The van der Waals surface area contributed by atoms with E-state index in [0.29, 0.717) is 29.4 Å². The van der Waals surface area contributed by atoms with Gasteiger partial charge in [-0.25, -0.2) is 4.98 Å². The van der Waals surface area contributed by atoms with E-state index >= 15 is 0 Å². The summed E-state index contributed by atoms with van der Waals surface area (Å²) in [5.41, 5.74) is 7.13. The highest BCUT2D eigenvalue weighted by atomic mass is 16.5. The van der Waals surface area contributed by atoms with Crippen LogP contribution in [-0.4, -0.2) is 71.8 Å². The molecule has 1 aromatic carbocycles. The van der Waals surface area contributed by atoms with Gasteiger partial charge in [-0.2, -0.15) is 0 Å². The lowest BCUT2D eigenvalue weighted by atomic mass is 9.95. The van der Waals surface area contributed by atoms with Gasteiger partial charge in [-0.05, 0) is 63.3 Å². The smallest absolute Gasteiger partial charge is 0.273 e. The van der Waals surface area contributed by atoms with Crippen molar-refractivity contribution in [3.63, 3.8) is 0 Å². The first-order valence-corrected chi connectivity index (χ1v) is 16.6. The molecule has 254 valence electrons. The molecule has 2 saturated carbocycles. The number of nitrogens with zero attached hydrogens (tertiary/aromatic N) is 5. The van der Waals surface area contributed by atoms with Crippen molar-refractivity contribution < 1.29 is 19.1 Å². The zero-order valence-electron chi connectivity index (χ0n) is 28.8. The third kappa shape index (κ3) is 7.38. The van der Waals surface area contributed by atoms with E-state index in [9.17, 15) is 14.4 Å². The van der Waals surface area contributed by atoms with E-state index in [0.717, 1.165) is 48.2 Å². The summed E-state index contributed by atoms with van der Waals surface area (Å²) in [5, 5.41) is 16.9. The summed E-state index contributed by atoms with van der Waals surface area (Å²) in [7, 11) is 4.86. The fraction of sp³-hybridized carbons (Fsp3) is 0.378. The highest BCUT2D eigenvalue weighted by Crippen LogP contribution is 2.47. The van der Waals surface area contributed by atoms with Crippen LogP contribution in [0.15, 0.2) is 64.3 Å². The minimum absolute atomic E-state index is 0.0203. The number of hydrogen-bond donors (Lipinski definition) is 3. The number of anilines is 3. The number of likely N-dealkylation sites (N-methyl/N-ethyl adjacent to an activating group) is 1. The van der Waals surface area contributed by atoms with Crippen LogP contribution in [0.1, 0.15) is 79.0 Å². The van der Waals surface area contributed by atoms with Gasteiger partial charge in [0, 0.05) is 55.3 Å². The molecule has 1 unspecified atom stereocenters. The number of amides is 3. The van der Waals surface area contributed by atoms with E-state index in [1.807, 2.05) is 30.5 Å². The predicted octanol–water partition coefficient (Wildman–Crippen LogP) is 5.89. The third-order valence-corrected chi connectivity index (χ3v) is 8.92. The molecule has 1 aliphatic heterocycles. The van der Waals surface area contributed by atoms with Crippen LogP contribution in [0.5, 0.6) is 5.75 Å². The summed E-state index contributed by atoms with van der Waals surface area (Å²) in [6.45, 7) is 6.67. The number of allylic oxidation sites excluding steroid dienone is 3. The van der Waals surface area contributed by atoms with Gasteiger partial charge in [0.1, 0.15) is 11.4 Å². The maximum Gasteiger partial charge on any atom is 0.273 e. The average molecular weight is 663 g/mol. The molecule has 0 radical (unpaired) electrons. The Balaban J connectivity index is 1.29. The van der Waals surface area contributed by atoms with E-state index < -0.39 is 5.91 Å². The second kappa shape index (κ2) is 14.0. The van der Waals surface area contributed by atoms with Crippen molar-refractivity contribution in [1.82, 2.24) is 25.4 Å². The Morgan fingerprint density at radius 1 is 1.00 bits per heavy atom. The number of aromatic nitrogens is 3. The maximum atomic E-state index is 13.6. The van der Waals surface area contributed by atoms with Gasteiger partial charge in [0.25, 0.3) is 11.8 Å². The lowest BCUT2D eigenvalue weighted by Gasteiger charge is -2.22. The zero-order valence-corrected chi connectivity index (χ0v) is 28.8. The van der Waals surface area contributed by atoms with Crippen LogP contribution in [0.2, 0.25) is 0 Å². The van der Waals surface area contributed by atoms with E-state index in [1.165, 1.54) is 18.2 Å². The molecule has 3 heterocycles. The third-order valence-electron chi connectivity index (χ3n) is 8.92. The van der Waals surface area contributed by atoms with E-state index in [2.05, 4.69) is 58.0 Å². The Hall–Kier alpha value is -5.39. The Kier molecular flexibility index (Phi) is 9.57. The topological polar surface area (TPSA) is 151 Å². The van der Waals surface area contributed by atoms with Crippen LogP contribution in [0.25, 0.3) is 11.1 Å². The van der Waals surface area contributed by atoms with Crippen LogP contribution >= 0.6 is 0 Å². The molecule has 2 aromatic heterocycles. The minimum Gasteiger partial charge on any atom is -0.494 e. The largest absolute Gasteiger partial charge is 0.494 e. The molecule has 49 heavy (non-hydrogen) atoms. The average Bonchev–Trinajstić information content (AvgIpc) is 4.02. The standard InChI is InChI=1S/C37H42N8O4/c1-20(2)27-16-24(39-18-21(27)3)19-45(5)37(48)29-15-14-25(32(41-29)22-10-11-22)26-8-7-9-28(34(26)49-6)40-30-17-31(42-35(46)23-12-13-23)43-44-33(30)36(47)38-4/h7-9,14-18,21-23H,10-13,19H2,1-6H3,(H,38,47)(H2,40,42,43,46). The SMILES string of the molecule is CNC(=O)c1nnc(NC(=O)C2CC2)cc1Nc1cccc(-c2ccc(C(=O)N(C)CC3=CC(=C(C)C)C(C)C=N3)nc2C2CC2)c1OC. The zero-order chi connectivity index (χ0) is 34.8. The molecule has 2 fully saturated rings. The summed E-state index contributed by atoms with van der Waals surface area (Å²) >= 11 is 0. The molecule has 3 aliphatic rings. The number of rotatable bonds is 11. The van der Waals surface area contributed by atoms with Gasteiger partial charge in [0.05, 0.1) is 36.4 Å². The predicted molar refractivity (Wildman–Crippen MR) is 189 cm³/mol. The van der Waals surface area contributed by atoms with Gasteiger partial charge in [0.15, 0.2) is 11.5 Å². The first-order valence-electron chi connectivity index (χ1n) is 16.6. The van der Waals surface area contributed by atoms with Crippen molar-refractivity contribution in [2.45, 2.75) is 52.4 Å². The lowest BCUT2D eigenvalue weighted by Crippen LogP contribution is -2.30. The summed E-state index contributed by atoms with van der Waals surface area (Å²) in [4.78, 5) is 49.9. The van der Waals surface area contributed by atoms with Crippen LogP contribution in [-0.2, 0) is 4.79 Å². The van der Waals surface area contributed by atoms with Crippen LogP contribution in [0, 0.1) is 11.8 Å². The Labute approximate surface area is 286 Å². The number of aliphatic imine (C=N–C) groups is 1. The van der Waals surface area contributed by atoms with Gasteiger partial charge < -0.3 is 25.6 Å². The van der Waals surface area contributed by atoms with Crippen molar-refractivity contribution in [3.8, 4) is 16.9 Å². The quantitative estimate of drug-likeness (QED) is 0.230. The van der Waals surface area contributed by atoms with Crippen molar-refractivity contribution in [2.24, 2.45) is 16.8 Å². The molecular weight excluding hydrogens is 620 g/mol. The molecule has 3 aromatic rings. The number of carbonyl (C=O) groups is 3. The molecule has 6 rings (SSSR count). The van der Waals surface area contributed by atoms with Crippen molar-refractivity contribution >= 4 is 41.1 Å². The molecule has 3 N–H and O–H groups in total. The number of hydrogen-bond acceptors (Lipinski definition) is 9. The summed E-state index contributed by atoms with van der Waals surface area (Å²) in [6, 6.07) is 10.9. The van der Waals surface area contributed by atoms with Gasteiger partial charge in [0.2, 0.25) is 5.91 Å². The molecule has 0 spiro atoms. The number of nitrogens with one attached hydrogen (secondary N) is 3. The lowest BCUT2D eigenvalue weighted by molar-refractivity contribution is -0.117. The highest BCUT2D eigenvalue weighted by Gasteiger charge is 2.32. The van der Waals surface area contributed by atoms with E-state index in [-0.39, 0.29) is 41.1 Å². The summed E-state index contributed by atoms with van der Waals surface area (Å²) in [5.74, 6) is 0.481. The monoisotopic (exact) mass is 662 g/mol. The molecule has 3 amide bonds. The summed E-state index contributed by atoms with van der Waals surface area (Å²) in [6.07, 6.45) is 7.66. The molecule has 0 bridgehead atoms. The fourth-order valence-electron chi connectivity index (χ4n) is 5.94. The maximum absolute atomic E-state index is 13.6. The molecule has 0 saturated heterocycles. The van der Waals surface area contributed by atoms with Gasteiger partial charge in [-0.3, -0.25) is 19.4 Å². The number of methoxy groups -OCH3 is 1. The molecule has 12 heteroatoms. The van der Waals surface area contributed by atoms with Crippen molar-refractivity contribution in [3.05, 3.63) is 76.4 Å². The second-order valence-electron chi connectivity index (χ2n) is 13.1. The van der Waals surface area contributed by atoms with Gasteiger partial charge in [-0.15, -0.1) is 10.2 Å². The Bertz CT molecular complexity index is 1900. The van der Waals surface area contributed by atoms with Gasteiger partial charge in [-0.1, -0.05) is 30.7 Å². The molecule has 1 atom stereocenters. The van der Waals surface area contributed by atoms with Gasteiger partial charge >= 0.3 is 0 Å². The van der Waals surface area contributed by atoms with E-state index in [1.54, 1.807) is 31.2 Å². The number of benzene rings is 1. The van der Waals surface area contributed by atoms with Crippen LogP contribution in [0.4, 0.5) is 17.2 Å². The number of ether oxygens (including phenoxy) is 1. The number of para-hydroxylation sites is 1. The van der Waals surface area contributed by atoms with Crippen molar-refractivity contribution in [1.29, 1.82) is 0 Å². The molecular formula is C37H42N8O4. The van der Waals surface area contributed by atoms with Crippen molar-refractivity contribution in [2.75, 3.05) is 38.4 Å². The molecule has 12 nitrogen and oxygen atoms in total. The number of pyridine rings is 1. The fourth-order valence-corrected chi connectivity index (χ4v) is 5.94.